The van der Waals surface area contributed by atoms with Crippen LogP contribution in [-0.4, -0.2) is 85.9 Å². The van der Waals surface area contributed by atoms with Crippen LogP contribution in [0.3, 0.4) is 0 Å². The predicted molar refractivity (Wildman–Crippen MR) is 237 cm³/mol. The van der Waals surface area contributed by atoms with Crippen molar-refractivity contribution < 1.29 is 86.5 Å². The number of fused-ring (bicyclic) bond motifs is 1. The van der Waals surface area contributed by atoms with Crippen LogP contribution in [0.1, 0.15) is 200 Å². The number of anilines is 1. The van der Waals surface area contributed by atoms with E-state index in [2.05, 4.69) is 28.8 Å². The van der Waals surface area contributed by atoms with Crippen molar-refractivity contribution in [2.75, 3.05) is 25.6 Å². The van der Waals surface area contributed by atoms with Gasteiger partial charge in [-0.15, -0.1) is 0 Å². The van der Waals surface area contributed by atoms with Crippen LogP contribution in [0.5, 0.6) is 0 Å². The van der Waals surface area contributed by atoms with Gasteiger partial charge in [-0.2, -0.15) is 14.4 Å². The van der Waals surface area contributed by atoms with E-state index in [4.69, 9.17) is 29.0 Å². The number of carbonyl (C=O) groups excluding carboxylic acids is 2. The van der Waals surface area contributed by atoms with Crippen molar-refractivity contribution >= 4 is 36.7 Å². The summed E-state index contributed by atoms with van der Waals surface area (Å²) in [7, 11) is -5.12. The Morgan fingerprint density at radius 3 is 1.72 bits per heavy atom. The molecule has 6 atom stereocenters. The van der Waals surface area contributed by atoms with Gasteiger partial charge in [0.1, 0.15) is 24.9 Å². The first-order chi connectivity index (χ1) is 30.5. The number of rotatable bonds is 38. The number of nitrogens with zero attached hydrogens (tertiary/aromatic N) is 4. The summed E-state index contributed by atoms with van der Waals surface area (Å²) in [6.07, 6.45) is 23.4. The van der Waals surface area contributed by atoms with Crippen LogP contribution in [0.25, 0.3) is 11.2 Å². The van der Waals surface area contributed by atoms with Crippen molar-refractivity contribution in [3.05, 3.63) is 12.4 Å². The Kier molecular flexibility index (Phi) is 31.4. The average molecular weight is 938 g/mol. The van der Waals surface area contributed by atoms with Crippen LogP contribution in [-0.2, 0) is 37.4 Å². The number of nitrogen functional groups attached to an aromatic ring is 1. The third-order valence-corrected chi connectivity index (χ3v) is 12.5. The molecule has 16 nitrogen and oxygen atoms in total. The van der Waals surface area contributed by atoms with Crippen LogP contribution < -0.4 is 40.2 Å². The topological polar surface area (TPSA) is 230 Å². The Morgan fingerprint density at radius 1 is 0.750 bits per heavy atom. The number of aromatic nitrogens is 4. The average Bonchev–Trinajstić information content (AvgIpc) is 3.80. The first-order valence-electron chi connectivity index (χ1n) is 24.1. The number of unbranched alkanes of at least 4 members (excludes halogenated alkanes) is 24. The normalized spacial score (nSPS) is 18.8. The molecule has 19 heteroatoms. The number of halogens is 1. The number of ether oxygens (including phenoxy) is 3. The minimum atomic E-state index is -5.12. The number of aliphatic hydroxyl groups excluding tert-OH is 2. The van der Waals surface area contributed by atoms with Gasteiger partial charge in [0.25, 0.3) is 7.82 Å². The summed E-state index contributed by atoms with van der Waals surface area (Å²) in [5.74, 6) is -1.30. The number of carbonyl (C=O) groups is 2. The van der Waals surface area contributed by atoms with E-state index in [1.165, 1.54) is 116 Å². The van der Waals surface area contributed by atoms with Crippen LogP contribution in [0.15, 0.2) is 6.33 Å². The second-order valence-corrected chi connectivity index (χ2v) is 18.5. The van der Waals surface area contributed by atoms with E-state index in [0.29, 0.717) is 12.8 Å². The van der Waals surface area contributed by atoms with Gasteiger partial charge in [0.05, 0.1) is 19.5 Å². The molecular formula is C45H78FN5NaO11P. The Morgan fingerprint density at radius 2 is 1.22 bits per heavy atom. The molecule has 362 valence electrons. The fourth-order valence-corrected chi connectivity index (χ4v) is 8.52. The van der Waals surface area contributed by atoms with Gasteiger partial charge in [-0.05, 0) is 12.8 Å². The zero-order chi connectivity index (χ0) is 45.7. The first-order valence-corrected chi connectivity index (χ1v) is 25.5. The van der Waals surface area contributed by atoms with Crippen molar-refractivity contribution in [2.45, 2.75) is 224 Å². The quantitative estimate of drug-likeness (QED) is 0.0227. The van der Waals surface area contributed by atoms with E-state index in [-0.39, 0.29) is 59.4 Å². The van der Waals surface area contributed by atoms with Crippen molar-refractivity contribution in [1.82, 2.24) is 19.5 Å². The summed E-state index contributed by atoms with van der Waals surface area (Å²) in [6.45, 7) is 2.58. The smallest absolute Gasteiger partial charge is 0.756 e. The van der Waals surface area contributed by atoms with Crippen LogP contribution in [0.4, 0.5) is 10.2 Å². The fraction of sp³-hybridized carbons (Fsp3) is 0.844. The zero-order valence-corrected chi connectivity index (χ0v) is 42.0. The number of hydrogen-bond donors (Lipinski definition) is 3. The van der Waals surface area contributed by atoms with E-state index in [9.17, 15) is 33.7 Å². The molecule has 1 unspecified atom stereocenters. The predicted octanol–water partition coefficient (Wildman–Crippen LogP) is 6.09. The Hall–Kier alpha value is -1.79. The molecule has 0 bridgehead atoms. The van der Waals surface area contributed by atoms with Crippen LogP contribution in [0.2, 0.25) is 0 Å². The monoisotopic (exact) mass is 938 g/mol. The second kappa shape index (κ2) is 34.5. The molecule has 0 radical (unpaired) electrons. The van der Waals surface area contributed by atoms with E-state index in [1.54, 1.807) is 0 Å². The third-order valence-electron chi connectivity index (χ3n) is 11.5. The zero-order valence-electron chi connectivity index (χ0n) is 39.1. The molecule has 0 aromatic carbocycles. The van der Waals surface area contributed by atoms with Crippen molar-refractivity contribution in [3.63, 3.8) is 0 Å². The summed E-state index contributed by atoms with van der Waals surface area (Å²) < 4.78 is 54.6. The molecule has 0 spiro atoms. The molecule has 1 fully saturated rings. The molecule has 64 heavy (non-hydrogen) atoms. The first kappa shape index (κ1) is 58.3. The number of esters is 2. The molecule has 1 saturated heterocycles. The molecule has 4 N–H and O–H groups in total. The maximum Gasteiger partial charge on any atom is 1.00 e. The molecule has 0 saturated carbocycles. The van der Waals surface area contributed by atoms with Gasteiger partial charge in [0.15, 0.2) is 29.3 Å². The van der Waals surface area contributed by atoms with Crippen LogP contribution in [0, 0.1) is 6.08 Å². The van der Waals surface area contributed by atoms with Gasteiger partial charge in [0.2, 0.25) is 0 Å². The van der Waals surface area contributed by atoms with Crippen molar-refractivity contribution in [2.24, 2.45) is 0 Å². The summed E-state index contributed by atoms with van der Waals surface area (Å²) in [5.41, 5.74) is 5.63. The number of phosphoric ester groups is 1. The Balaban J connectivity index is 0.0000141. The SMILES string of the molecule is CCCCCCCCCCCCCCCC(=O)OC[C@H](COP(=O)([O-])OC[C@H]1O[C@@H](n2cnc3c(N)nc(F)nc32)[C@@H](O)[C@@H]1O)OC(=O)CCCCCCCCCCCCCCC.[Na+]. The van der Waals surface area contributed by atoms with E-state index in [0.717, 1.165) is 49.4 Å². The molecular weight excluding hydrogens is 859 g/mol. The maximum absolute atomic E-state index is 13.9. The molecule has 1 aliphatic rings. The summed E-state index contributed by atoms with van der Waals surface area (Å²) >= 11 is 0. The molecule has 3 rings (SSSR count). The van der Waals surface area contributed by atoms with E-state index >= 15 is 0 Å². The van der Waals surface area contributed by atoms with Crippen LogP contribution >= 0.6 is 7.82 Å². The number of phosphoric acid groups is 1. The minimum Gasteiger partial charge on any atom is -0.756 e. The Bertz CT molecular complexity index is 1610. The number of nitrogens with two attached hydrogens (primary N) is 1. The van der Waals surface area contributed by atoms with Gasteiger partial charge in [-0.25, -0.2) is 4.98 Å². The van der Waals surface area contributed by atoms with Crippen molar-refractivity contribution in [1.29, 1.82) is 0 Å². The van der Waals surface area contributed by atoms with Crippen molar-refractivity contribution in [3.8, 4) is 0 Å². The minimum absolute atomic E-state index is 0. The number of aliphatic hydroxyl groups is 2. The van der Waals surface area contributed by atoms with Gasteiger partial charge >= 0.3 is 47.6 Å². The van der Waals surface area contributed by atoms with E-state index in [1.807, 2.05) is 0 Å². The van der Waals surface area contributed by atoms with Gasteiger partial charge < -0.3 is 44.1 Å². The largest absolute Gasteiger partial charge is 1.00 e. The van der Waals surface area contributed by atoms with E-state index < -0.39 is 76.3 Å². The fourth-order valence-electron chi connectivity index (χ4n) is 7.76. The molecule has 2 aromatic heterocycles. The maximum atomic E-state index is 13.9. The third kappa shape index (κ3) is 23.8. The van der Waals surface area contributed by atoms with Gasteiger partial charge in [-0.3, -0.25) is 18.7 Å². The Labute approximate surface area is 403 Å². The van der Waals surface area contributed by atoms with Gasteiger partial charge in [0, 0.05) is 12.8 Å². The molecule has 3 heterocycles. The number of hydrogen-bond acceptors (Lipinski definition) is 15. The number of imidazole rings is 1. The molecule has 0 amide bonds. The molecule has 2 aromatic rings. The summed E-state index contributed by atoms with van der Waals surface area (Å²) in [4.78, 5) is 49.4. The second-order valence-electron chi connectivity index (χ2n) is 17.1. The summed E-state index contributed by atoms with van der Waals surface area (Å²) in [5, 5.41) is 21.4. The molecule has 0 aliphatic carbocycles. The standard InChI is InChI=1S/C45H79FN5O11P.Na/c1-3-5-7-9-11-13-15-17-19-21-23-25-27-29-37(52)58-31-35(61-38(53)30-28-26-24-22-20-18-16-14-12-10-8-6-4-2)32-59-63(56,57)60-33-36-40(54)41(55)44(62-36)51-34-48-39-42(47)49-45(46)50-43(39)51;/h34-36,40-41,44,54-55H,3-33H2,1-2H3,(H,56,57)(H2,47,49,50);/q;+1/p-1/t35-,36-,40-,41+,44-;/m1./s1. The molecule has 1 aliphatic heterocycles. The summed E-state index contributed by atoms with van der Waals surface area (Å²) in [6, 6.07) is 0. The van der Waals surface area contributed by atoms with Gasteiger partial charge in [-0.1, -0.05) is 168 Å².